The standard InChI is InChI=1S/C11H16N4O2/c1-7(9-3-2-4-17-9)14-11(16)8-5-13-6-10(12)15-8/h5-7,9H,2-4H2,1H3,(H2,12,15)(H,14,16). The highest BCUT2D eigenvalue weighted by Crippen LogP contribution is 2.15. The van der Waals surface area contributed by atoms with Gasteiger partial charge in [-0.3, -0.25) is 9.78 Å². The van der Waals surface area contributed by atoms with Crippen LogP contribution in [0.1, 0.15) is 30.3 Å². The van der Waals surface area contributed by atoms with Crippen molar-refractivity contribution >= 4 is 11.7 Å². The Bertz CT molecular complexity index is 404. The van der Waals surface area contributed by atoms with E-state index in [0.29, 0.717) is 0 Å². The molecular weight excluding hydrogens is 220 g/mol. The quantitative estimate of drug-likeness (QED) is 0.790. The fraction of sp³-hybridized carbons (Fsp3) is 0.545. The third kappa shape index (κ3) is 2.91. The van der Waals surface area contributed by atoms with Gasteiger partial charge in [-0.15, -0.1) is 0 Å². The van der Waals surface area contributed by atoms with Crippen molar-refractivity contribution < 1.29 is 9.53 Å². The number of aromatic nitrogens is 2. The number of anilines is 1. The lowest BCUT2D eigenvalue weighted by atomic mass is 10.1. The van der Waals surface area contributed by atoms with E-state index in [2.05, 4.69) is 15.3 Å². The first kappa shape index (κ1) is 11.8. The molecule has 0 aromatic carbocycles. The zero-order valence-electron chi connectivity index (χ0n) is 9.72. The number of hydrogen-bond acceptors (Lipinski definition) is 5. The van der Waals surface area contributed by atoms with Gasteiger partial charge in [0, 0.05) is 6.61 Å². The van der Waals surface area contributed by atoms with Crippen LogP contribution in [-0.4, -0.2) is 34.6 Å². The third-order valence-corrected chi connectivity index (χ3v) is 2.77. The summed E-state index contributed by atoms with van der Waals surface area (Å²) in [6.45, 7) is 2.69. The molecule has 1 aliphatic rings. The lowest BCUT2D eigenvalue weighted by molar-refractivity contribution is 0.0709. The van der Waals surface area contributed by atoms with E-state index < -0.39 is 0 Å². The van der Waals surface area contributed by atoms with Crippen LogP contribution in [-0.2, 0) is 4.74 Å². The predicted molar refractivity (Wildman–Crippen MR) is 62.3 cm³/mol. The van der Waals surface area contributed by atoms with E-state index in [1.165, 1.54) is 12.4 Å². The molecule has 2 atom stereocenters. The molecule has 1 aromatic heterocycles. The lowest BCUT2D eigenvalue weighted by Crippen LogP contribution is -2.41. The van der Waals surface area contributed by atoms with Crippen LogP contribution in [0.15, 0.2) is 12.4 Å². The SMILES string of the molecule is CC(NC(=O)c1cncc(N)n1)C1CCCO1. The molecule has 0 radical (unpaired) electrons. The van der Waals surface area contributed by atoms with Gasteiger partial charge in [-0.2, -0.15) is 0 Å². The first-order valence-electron chi connectivity index (χ1n) is 5.67. The van der Waals surface area contributed by atoms with Gasteiger partial charge in [0.25, 0.3) is 5.91 Å². The van der Waals surface area contributed by atoms with Gasteiger partial charge in [-0.05, 0) is 19.8 Å². The fourth-order valence-corrected chi connectivity index (χ4v) is 1.86. The van der Waals surface area contributed by atoms with Gasteiger partial charge in [0.2, 0.25) is 0 Å². The van der Waals surface area contributed by atoms with Crippen LogP contribution < -0.4 is 11.1 Å². The molecule has 3 N–H and O–H groups in total. The number of ether oxygens (including phenoxy) is 1. The van der Waals surface area contributed by atoms with Crippen LogP contribution in [0.4, 0.5) is 5.82 Å². The molecule has 0 bridgehead atoms. The average molecular weight is 236 g/mol. The van der Waals surface area contributed by atoms with E-state index in [-0.39, 0.29) is 29.6 Å². The largest absolute Gasteiger partial charge is 0.382 e. The summed E-state index contributed by atoms with van der Waals surface area (Å²) in [5.41, 5.74) is 5.70. The van der Waals surface area contributed by atoms with Crippen molar-refractivity contribution in [1.82, 2.24) is 15.3 Å². The predicted octanol–water partition coefficient (Wildman–Crippen LogP) is 0.356. The molecule has 6 heteroatoms. The van der Waals surface area contributed by atoms with E-state index >= 15 is 0 Å². The molecule has 17 heavy (non-hydrogen) atoms. The van der Waals surface area contributed by atoms with Crippen LogP contribution in [0.2, 0.25) is 0 Å². The molecule has 2 unspecified atom stereocenters. The Hall–Kier alpha value is -1.69. The van der Waals surface area contributed by atoms with E-state index in [1.54, 1.807) is 0 Å². The number of hydrogen-bond donors (Lipinski definition) is 2. The maximum atomic E-state index is 11.8. The summed E-state index contributed by atoms with van der Waals surface area (Å²) < 4.78 is 5.50. The number of carbonyl (C=O) groups is 1. The highest BCUT2D eigenvalue weighted by molar-refractivity contribution is 5.92. The van der Waals surface area contributed by atoms with Gasteiger partial charge in [0.05, 0.1) is 24.5 Å². The molecule has 2 rings (SSSR count). The highest BCUT2D eigenvalue weighted by atomic mass is 16.5. The normalized spacial score (nSPS) is 21.1. The Morgan fingerprint density at radius 2 is 2.47 bits per heavy atom. The second-order valence-corrected chi connectivity index (χ2v) is 4.14. The van der Waals surface area contributed by atoms with Gasteiger partial charge < -0.3 is 15.8 Å². The number of nitrogens with two attached hydrogens (primary N) is 1. The summed E-state index contributed by atoms with van der Waals surface area (Å²) >= 11 is 0. The molecule has 0 aliphatic carbocycles. The Balaban J connectivity index is 1.96. The summed E-state index contributed by atoms with van der Waals surface area (Å²) in [6.07, 6.45) is 4.91. The molecule has 1 aromatic rings. The fourth-order valence-electron chi connectivity index (χ4n) is 1.86. The topological polar surface area (TPSA) is 90.1 Å². The van der Waals surface area contributed by atoms with Crippen LogP contribution in [0.5, 0.6) is 0 Å². The summed E-state index contributed by atoms with van der Waals surface area (Å²) in [5, 5.41) is 2.84. The smallest absolute Gasteiger partial charge is 0.271 e. The molecule has 1 amide bonds. The molecule has 0 saturated carbocycles. The molecule has 1 fully saturated rings. The highest BCUT2D eigenvalue weighted by Gasteiger charge is 2.24. The summed E-state index contributed by atoms with van der Waals surface area (Å²) in [7, 11) is 0. The van der Waals surface area contributed by atoms with Crippen LogP contribution in [0.3, 0.4) is 0 Å². The Morgan fingerprint density at radius 1 is 1.65 bits per heavy atom. The molecule has 1 saturated heterocycles. The van der Waals surface area contributed by atoms with Gasteiger partial charge in [0.1, 0.15) is 11.5 Å². The number of nitrogens with one attached hydrogen (secondary N) is 1. The second-order valence-electron chi connectivity index (χ2n) is 4.14. The van der Waals surface area contributed by atoms with Crippen molar-refractivity contribution in [3.63, 3.8) is 0 Å². The van der Waals surface area contributed by atoms with Crippen molar-refractivity contribution in [2.24, 2.45) is 0 Å². The van der Waals surface area contributed by atoms with E-state index in [9.17, 15) is 4.79 Å². The summed E-state index contributed by atoms with van der Waals surface area (Å²) in [4.78, 5) is 19.6. The van der Waals surface area contributed by atoms with E-state index in [4.69, 9.17) is 10.5 Å². The van der Waals surface area contributed by atoms with Gasteiger partial charge in [-0.1, -0.05) is 0 Å². The molecular formula is C11H16N4O2. The third-order valence-electron chi connectivity index (χ3n) is 2.77. The lowest BCUT2D eigenvalue weighted by Gasteiger charge is -2.19. The second kappa shape index (κ2) is 5.09. The van der Waals surface area contributed by atoms with Gasteiger partial charge >= 0.3 is 0 Å². The minimum absolute atomic E-state index is 0.0340. The first-order chi connectivity index (χ1) is 8.16. The zero-order chi connectivity index (χ0) is 12.3. The maximum absolute atomic E-state index is 11.8. The Morgan fingerprint density at radius 3 is 3.12 bits per heavy atom. The van der Waals surface area contributed by atoms with Crippen LogP contribution >= 0.6 is 0 Å². The Labute approximate surface area is 99.6 Å². The van der Waals surface area contributed by atoms with Crippen molar-refractivity contribution in [1.29, 1.82) is 0 Å². The summed E-state index contributed by atoms with van der Waals surface area (Å²) in [5.74, 6) is -0.0322. The number of carbonyl (C=O) groups excluding carboxylic acids is 1. The van der Waals surface area contributed by atoms with E-state index in [1.807, 2.05) is 6.92 Å². The van der Waals surface area contributed by atoms with Crippen LogP contribution in [0, 0.1) is 0 Å². The molecule has 1 aliphatic heterocycles. The minimum atomic E-state index is -0.271. The number of amides is 1. The van der Waals surface area contributed by atoms with Gasteiger partial charge in [-0.25, -0.2) is 4.98 Å². The van der Waals surface area contributed by atoms with Crippen molar-refractivity contribution in [3.8, 4) is 0 Å². The van der Waals surface area contributed by atoms with Crippen molar-refractivity contribution in [2.45, 2.75) is 31.9 Å². The molecule has 92 valence electrons. The molecule has 6 nitrogen and oxygen atoms in total. The first-order valence-corrected chi connectivity index (χ1v) is 5.67. The number of rotatable bonds is 3. The van der Waals surface area contributed by atoms with Crippen molar-refractivity contribution in [2.75, 3.05) is 12.3 Å². The number of nitrogen functional groups attached to an aromatic ring is 1. The zero-order valence-corrected chi connectivity index (χ0v) is 9.72. The molecule has 2 heterocycles. The van der Waals surface area contributed by atoms with Crippen molar-refractivity contribution in [3.05, 3.63) is 18.1 Å². The monoisotopic (exact) mass is 236 g/mol. The average Bonchev–Trinajstić information content (AvgIpc) is 2.82. The maximum Gasteiger partial charge on any atom is 0.271 e. The molecule has 0 spiro atoms. The van der Waals surface area contributed by atoms with Gasteiger partial charge in [0.15, 0.2) is 0 Å². The van der Waals surface area contributed by atoms with Crippen LogP contribution in [0.25, 0.3) is 0 Å². The summed E-state index contributed by atoms with van der Waals surface area (Å²) in [6, 6.07) is -0.0340. The number of nitrogens with zero attached hydrogens (tertiary/aromatic N) is 2. The van der Waals surface area contributed by atoms with E-state index in [0.717, 1.165) is 19.4 Å². The minimum Gasteiger partial charge on any atom is -0.382 e. The Kier molecular flexibility index (Phi) is 3.53.